The number of amides is 4. The van der Waals surface area contributed by atoms with Gasteiger partial charge in [0.05, 0.1) is 17.9 Å². The molecule has 0 aromatic heterocycles. The first-order valence-corrected chi connectivity index (χ1v) is 10.2. The van der Waals surface area contributed by atoms with Crippen molar-refractivity contribution < 1.29 is 14.4 Å². The molecule has 1 aromatic carbocycles. The molecule has 5 unspecified atom stereocenters. The second kappa shape index (κ2) is 7.41. The molecule has 5 atom stereocenters. The second-order valence-corrected chi connectivity index (χ2v) is 7.83. The molecule has 148 valence electrons. The van der Waals surface area contributed by atoms with Crippen LogP contribution in [-0.2, 0) is 9.59 Å². The molecule has 1 saturated carbocycles. The topological polar surface area (TPSA) is 69.7 Å². The minimum atomic E-state index is -0.481. The largest absolute Gasteiger partial charge is 0.336 e. The second-order valence-electron chi connectivity index (χ2n) is 7.83. The summed E-state index contributed by atoms with van der Waals surface area (Å²) in [6.45, 7) is 5.29. The van der Waals surface area contributed by atoms with Crippen LogP contribution < -0.4 is 5.32 Å². The molecule has 1 aliphatic heterocycles. The van der Waals surface area contributed by atoms with E-state index in [4.69, 9.17) is 0 Å². The zero-order chi connectivity index (χ0) is 19.8. The Hall–Kier alpha value is -2.63. The number of imide groups is 1. The Labute approximate surface area is 165 Å². The van der Waals surface area contributed by atoms with Crippen LogP contribution in [0.5, 0.6) is 0 Å². The molecule has 2 bridgehead atoms. The van der Waals surface area contributed by atoms with Gasteiger partial charge in [-0.3, -0.25) is 14.5 Å². The smallest absolute Gasteiger partial charge is 0.317 e. The maximum absolute atomic E-state index is 13.2. The third kappa shape index (κ3) is 2.91. The highest BCUT2D eigenvalue weighted by molar-refractivity contribution is 6.06. The lowest BCUT2D eigenvalue weighted by Crippen LogP contribution is -2.46. The van der Waals surface area contributed by atoms with Gasteiger partial charge in [0.25, 0.3) is 0 Å². The molecule has 2 aliphatic carbocycles. The zero-order valence-electron chi connectivity index (χ0n) is 16.4. The van der Waals surface area contributed by atoms with Gasteiger partial charge < -0.3 is 10.2 Å². The Morgan fingerprint density at radius 3 is 2.18 bits per heavy atom. The van der Waals surface area contributed by atoms with Gasteiger partial charge >= 0.3 is 6.03 Å². The molecule has 28 heavy (non-hydrogen) atoms. The highest BCUT2D eigenvalue weighted by Crippen LogP contribution is 2.53. The van der Waals surface area contributed by atoms with E-state index in [9.17, 15) is 14.4 Å². The molecule has 1 heterocycles. The Bertz CT molecular complexity index is 773. The van der Waals surface area contributed by atoms with Gasteiger partial charge in [-0.25, -0.2) is 4.79 Å². The van der Waals surface area contributed by atoms with E-state index in [0.29, 0.717) is 13.1 Å². The lowest BCUT2D eigenvalue weighted by Gasteiger charge is -2.29. The van der Waals surface area contributed by atoms with Crippen molar-refractivity contribution in [1.82, 2.24) is 15.1 Å². The van der Waals surface area contributed by atoms with E-state index in [1.54, 1.807) is 4.90 Å². The number of likely N-dealkylation sites (tertiary alicyclic amines) is 1. The van der Waals surface area contributed by atoms with Crippen LogP contribution in [0.15, 0.2) is 42.5 Å². The van der Waals surface area contributed by atoms with E-state index in [0.717, 1.165) is 12.0 Å². The average molecular weight is 381 g/mol. The maximum Gasteiger partial charge on any atom is 0.317 e. The number of hydrogen-bond acceptors (Lipinski definition) is 3. The summed E-state index contributed by atoms with van der Waals surface area (Å²) in [5, 5.41) is 2.93. The van der Waals surface area contributed by atoms with E-state index < -0.39 is 6.04 Å². The molecule has 0 spiro atoms. The van der Waals surface area contributed by atoms with Gasteiger partial charge in [0.2, 0.25) is 11.8 Å². The number of rotatable bonds is 6. The summed E-state index contributed by atoms with van der Waals surface area (Å²) < 4.78 is 0. The van der Waals surface area contributed by atoms with Gasteiger partial charge in [0, 0.05) is 19.6 Å². The van der Waals surface area contributed by atoms with Crippen LogP contribution in [0.25, 0.3) is 0 Å². The number of fused-ring (bicyclic) bond motifs is 5. The minimum absolute atomic E-state index is 0.0854. The third-order valence-corrected chi connectivity index (χ3v) is 6.50. The van der Waals surface area contributed by atoms with Gasteiger partial charge in [-0.15, -0.1) is 0 Å². The standard InChI is InChI=1S/C22H27N3O3/c1-3-24(4-2)22(28)23-13-17(14-8-6-5-7-9-14)25-20(26)18-15-10-11-16(12-15)19(18)21(25)27/h5-11,15-19H,3-4,12-13H2,1-2H3,(H,23,28). The molecule has 2 fully saturated rings. The summed E-state index contributed by atoms with van der Waals surface area (Å²) >= 11 is 0. The van der Waals surface area contributed by atoms with Gasteiger partial charge in [0.1, 0.15) is 0 Å². The number of nitrogens with zero attached hydrogens (tertiary/aromatic N) is 2. The number of nitrogens with one attached hydrogen (secondary N) is 1. The van der Waals surface area contributed by atoms with Crippen molar-refractivity contribution in [3.05, 3.63) is 48.0 Å². The first-order valence-electron chi connectivity index (χ1n) is 10.2. The fourth-order valence-corrected chi connectivity index (χ4v) is 5.07. The van der Waals surface area contributed by atoms with E-state index in [-0.39, 0.29) is 48.1 Å². The number of urea groups is 1. The maximum atomic E-state index is 13.2. The molecule has 6 nitrogen and oxygen atoms in total. The lowest BCUT2D eigenvalue weighted by atomic mass is 9.85. The molecule has 3 aliphatic rings. The SMILES string of the molecule is CCN(CC)C(=O)NCC(c1ccccc1)N1C(=O)C2C3C=CC(C3)C2C1=O. The predicted octanol–water partition coefficient (Wildman–Crippen LogP) is 2.59. The van der Waals surface area contributed by atoms with E-state index in [2.05, 4.69) is 17.5 Å². The van der Waals surface area contributed by atoms with Crippen molar-refractivity contribution in [1.29, 1.82) is 0 Å². The lowest BCUT2D eigenvalue weighted by molar-refractivity contribution is -0.143. The molecular formula is C22H27N3O3. The van der Waals surface area contributed by atoms with Crippen LogP contribution >= 0.6 is 0 Å². The number of hydrogen-bond donors (Lipinski definition) is 1. The van der Waals surface area contributed by atoms with Crippen LogP contribution in [0, 0.1) is 23.7 Å². The minimum Gasteiger partial charge on any atom is -0.336 e. The highest BCUT2D eigenvalue weighted by atomic mass is 16.2. The van der Waals surface area contributed by atoms with Crippen LogP contribution in [0.4, 0.5) is 4.79 Å². The summed E-state index contributed by atoms with van der Waals surface area (Å²) in [7, 11) is 0. The van der Waals surface area contributed by atoms with Crippen LogP contribution in [0.3, 0.4) is 0 Å². The van der Waals surface area contributed by atoms with Crippen LogP contribution in [0.2, 0.25) is 0 Å². The highest BCUT2D eigenvalue weighted by Gasteiger charge is 2.60. The van der Waals surface area contributed by atoms with Gasteiger partial charge in [-0.1, -0.05) is 42.5 Å². The summed E-state index contributed by atoms with van der Waals surface area (Å²) in [4.78, 5) is 42.0. The van der Waals surface area contributed by atoms with Crippen molar-refractivity contribution in [3.63, 3.8) is 0 Å². The normalized spacial score (nSPS) is 28.6. The molecule has 0 radical (unpaired) electrons. The average Bonchev–Trinajstić information content (AvgIpc) is 3.39. The van der Waals surface area contributed by atoms with Gasteiger partial charge in [-0.2, -0.15) is 0 Å². The van der Waals surface area contributed by atoms with E-state index in [1.807, 2.05) is 44.2 Å². The number of benzene rings is 1. The van der Waals surface area contributed by atoms with Crippen molar-refractivity contribution in [2.75, 3.05) is 19.6 Å². The molecule has 1 N–H and O–H groups in total. The monoisotopic (exact) mass is 381 g/mol. The van der Waals surface area contributed by atoms with Gasteiger partial charge in [-0.05, 0) is 37.7 Å². The fourth-order valence-electron chi connectivity index (χ4n) is 5.07. The van der Waals surface area contributed by atoms with Crippen LogP contribution in [-0.4, -0.2) is 47.3 Å². The van der Waals surface area contributed by atoms with Crippen molar-refractivity contribution >= 4 is 17.8 Å². The van der Waals surface area contributed by atoms with Crippen molar-refractivity contribution in [3.8, 4) is 0 Å². The zero-order valence-corrected chi connectivity index (χ0v) is 16.4. The summed E-state index contributed by atoms with van der Waals surface area (Å²) in [5.41, 5.74) is 0.865. The Kier molecular flexibility index (Phi) is 4.96. The Balaban J connectivity index is 1.59. The first kappa shape index (κ1) is 18.7. The molecule has 1 aromatic rings. The van der Waals surface area contributed by atoms with Crippen molar-refractivity contribution in [2.45, 2.75) is 26.3 Å². The van der Waals surface area contributed by atoms with Crippen LogP contribution in [0.1, 0.15) is 31.9 Å². The molecule has 4 rings (SSSR count). The molecule has 4 amide bonds. The summed E-state index contributed by atoms with van der Waals surface area (Å²) in [6, 6.07) is 8.86. The third-order valence-electron chi connectivity index (χ3n) is 6.50. The predicted molar refractivity (Wildman–Crippen MR) is 105 cm³/mol. The quantitative estimate of drug-likeness (QED) is 0.608. The molecular weight excluding hydrogens is 354 g/mol. The summed E-state index contributed by atoms with van der Waals surface area (Å²) in [5.74, 6) is -0.272. The number of allylic oxidation sites excluding steroid dienone is 2. The molecule has 1 saturated heterocycles. The Morgan fingerprint density at radius 1 is 1.07 bits per heavy atom. The number of carbonyl (C=O) groups is 3. The number of carbonyl (C=O) groups excluding carboxylic acids is 3. The Morgan fingerprint density at radius 2 is 1.64 bits per heavy atom. The van der Waals surface area contributed by atoms with E-state index in [1.165, 1.54) is 4.90 Å². The van der Waals surface area contributed by atoms with Gasteiger partial charge in [0.15, 0.2) is 0 Å². The van der Waals surface area contributed by atoms with Crippen molar-refractivity contribution in [2.24, 2.45) is 23.7 Å². The van der Waals surface area contributed by atoms with E-state index >= 15 is 0 Å². The first-order chi connectivity index (χ1) is 13.6. The fraction of sp³-hybridized carbons (Fsp3) is 0.500. The molecule has 6 heteroatoms. The summed E-state index contributed by atoms with van der Waals surface area (Å²) in [6.07, 6.45) is 5.11.